The van der Waals surface area contributed by atoms with Crippen molar-refractivity contribution in [3.63, 3.8) is 0 Å². The molecule has 0 bridgehead atoms. The molecule has 0 aliphatic carbocycles. The van der Waals surface area contributed by atoms with E-state index in [1.165, 1.54) is 23.9 Å². The summed E-state index contributed by atoms with van der Waals surface area (Å²) in [6, 6.07) is 10.0. The zero-order valence-electron chi connectivity index (χ0n) is 21.8. The zero-order valence-corrected chi connectivity index (χ0v) is 24.7. The van der Waals surface area contributed by atoms with Gasteiger partial charge in [0, 0.05) is 31.6 Å². The number of hydrogen-bond donors (Lipinski definition) is 0. The molecule has 2 aromatic carbocycles. The highest BCUT2D eigenvalue weighted by molar-refractivity contribution is 14.1. The number of fused-ring (bicyclic) bond motifs is 1. The maximum Gasteiger partial charge on any atom is 0.416 e. The number of carbonyl (C=O) groups excluding carboxylic acids is 1. The van der Waals surface area contributed by atoms with Crippen LogP contribution in [0.25, 0.3) is 17.0 Å². The molecule has 11 heteroatoms. The number of carbonyl (C=O) groups is 1. The molecular weight excluding hydrogens is 638 g/mol. The number of likely N-dealkylation sites (N-methyl/N-ethyl adjacent to an activating group) is 1. The Morgan fingerprint density at radius 1 is 1.10 bits per heavy atom. The number of amides is 1. The molecule has 0 unspecified atom stereocenters. The quantitative estimate of drug-likeness (QED) is 0.227. The van der Waals surface area contributed by atoms with E-state index in [-0.39, 0.29) is 18.0 Å². The van der Waals surface area contributed by atoms with Crippen molar-refractivity contribution in [1.82, 2.24) is 19.6 Å². The summed E-state index contributed by atoms with van der Waals surface area (Å²) in [5.41, 5.74) is 1.66. The summed E-state index contributed by atoms with van der Waals surface area (Å²) >= 11 is 3.53. The molecule has 1 saturated heterocycles. The van der Waals surface area contributed by atoms with Crippen LogP contribution in [0.3, 0.4) is 0 Å². The fourth-order valence-electron chi connectivity index (χ4n) is 4.86. The molecule has 6 nitrogen and oxygen atoms in total. The maximum atomic E-state index is 13.6. The van der Waals surface area contributed by atoms with E-state index >= 15 is 0 Å². The first-order chi connectivity index (χ1) is 18.6. The molecule has 3 aromatic rings. The molecule has 1 amide bonds. The molecular formula is C28H29F3IN5OS. The van der Waals surface area contributed by atoms with Gasteiger partial charge in [-0.15, -0.1) is 0 Å². The summed E-state index contributed by atoms with van der Waals surface area (Å²) in [6.45, 7) is 6.99. The van der Waals surface area contributed by atoms with E-state index in [0.717, 1.165) is 67.1 Å². The number of alkyl halides is 3. The molecule has 0 N–H and O–H groups in total. The summed E-state index contributed by atoms with van der Waals surface area (Å²) in [5, 5.41) is 6.20. The molecule has 1 aromatic heterocycles. The number of benzene rings is 2. The van der Waals surface area contributed by atoms with Gasteiger partial charge in [0.2, 0.25) is 0 Å². The summed E-state index contributed by atoms with van der Waals surface area (Å²) < 4.78 is 43.2. The highest BCUT2D eigenvalue weighted by Gasteiger charge is 2.33. The number of rotatable bonds is 7. The lowest BCUT2D eigenvalue weighted by atomic mass is 10.0. The van der Waals surface area contributed by atoms with Gasteiger partial charge in [-0.3, -0.25) is 9.48 Å². The number of nitrogens with zero attached hydrogens (tertiary/aromatic N) is 5. The van der Waals surface area contributed by atoms with Crippen LogP contribution in [0.2, 0.25) is 0 Å². The van der Waals surface area contributed by atoms with Crippen molar-refractivity contribution in [3.8, 4) is 0 Å². The van der Waals surface area contributed by atoms with Crippen LogP contribution in [-0.2, 0) is 17.5 Å². The largest absolute Gasteiger partial charge is 0.416 e. The normalized spacial score (nSPS) is 18.5. The van der Waals surface area contributed by atoms with E-state index < -0.39 is 11.7 Å². The molecule has 5 rings (SSSR count). The van der Waals surface area contributed by atoms with Crippen molar-refractivity contribution in [3.05, 3.63) is 67.3 Å². The second-order valence-corrected chi connectivity index (χ2v) is 12.2. The van der Waals surface area contributed by atoms with Crippen LogP contribution in [0.4, 0.5) is 13.2 Å². The van der Waals surface area contributed by atoms with Gasteiger partial charge >= 0.3 is 6.18 Å². The van der Waals surface area contributed by atoms with E-state index in [9.17, 15) is 18.0 Å². The Labute approximate surface area is 243 Å². The number of aromatic nitrogens is 2. The molecule has 39 heavy (non-hydrogen) atoms. The second-order valence-electron chi connectivity index (χ2n) is 10.1. The molecule has 0 spiro atoms. The maximum absolute atomic E-state index is 13.6. The number of aryl methyl sites for hydroxylation is 1. The van der Waals surface area contributed by atoms with Crippen molar-refractivity contribution >= 4 is 62.3 Å². The first-order valence-electron chi connectivity index (χ1n) is 12.8. The van der Waals surface area contributed by atoms with Gasteiger partial charge in [-0.1, -0.05) is 35.5 Å². The number of halogens is 4. The smallest absolute Gasteiger partial charge is 0.304 e. The van der Waals surface area contributed by atoms with Gasteiger partial charge in [-0.05, 0) is 91.4 Å². The highest BCUT2D eigenvalue weighted by Crippen LogP contribution is 2.35. The van der Waals surface area contributed by atoms with E-state index in [4.69, 9.17) is 0 Å². The van der Waals surface area contributed by atoms with E-state index in [0.29, 0.717) is 14.2 Å². The minimum atomic E-state index is -4.44. The number of aliphatic imine (C=N–C) groups is 1. The van der Waals surface area contributed by atoms with Crippen LogP contribution in [0.5, 0.6) is 0 Å². The zero-order chi connectivity index (χ0) is 27.7. The summed E-state index contributed by atoms with van der Waals surface area (Å²) in [5.74, 6) is -0.223. The monoisotopic (exact) mass is 667 g/mol. The van der Waals surface area contributed by atoms with Gasteiger partial charge < -0.3 is 9.80 Å². The van der Waals surface area contributed by atoms with Gasteiger partial charge in [0.1, 0.15) is 3.70 Å². The number of thioether (sulfide) groups is 1. The topological polar surface area (TPSA) is 53.7 Å². The summed E-state index contributed by atoms with van der Waals surface area (Å²) in [4.78, 5) is 22.2. The lowest BCUT2D eigenvalue weighted by Gasteiger charge is -2.32. The molecule has 206 valence electrons. The average molecular weight is 668 g/mol. The Balaban J connectivity index is 1.27. The Hall–Kier alpha value is -2.22. The fraction of sp³-hybridized carbons (Fsp3) is 0.393. The molecule has 0 radical (unpaired) electrons. The summed E-state index contributed by atoms with van der Waals surface area (Å²) in [7, 11) is 2.14. The molecule has 1 fully saturated rings. The Kier molecular flexibility index (Phi) is 8.51. The van der Waals surface area contributed by atoms with Gasteiger partial charge in [0.05, 0.1) is 27.6 Å². The second kappa shape index (κ2) is 11.7. The predicted octanol–water partition coefficient (Wildman–Crippen LogP) is 6.06. The minimum Gasteiger partial charge on any atom is -0.304 e. The first kappa shape index (κ1) is 28.3. The standard InChI is InChI=1S/C28H29F3IN5OS/c1-18-5-7-20(22(14-18)28(29,30)31)17-37-23-8-6-19(15-21(23)26(32)34-37)16-24-27(38)33-25(39-24)4-3-9-36-12-10-35(2)11-13-36/h5-8,14-16H,3-4,9-13,17H2,1-2H3/b24-16-. The Morgan fingerprint density at radius 2 is 1.87 bits per heavy atom. The molecule has 2 aliphatic rings. The third kappa shape index (κ3) is 6.75. The molecule has 2 aliphatic heterocycles. The lowest BCUT2D eigenvalue weighted by Crippen LogP contribution is -2.44. The van der Waals surface area contributed by atoms with Crippen molar-refractivity contribution in [2.45, 2.75) is 32.5 Å². The molecule has 0 atom stereocenters. The van der Waals surface area contributed by atoms with Gasteiger partial charge in [-0.2, -0.15) is 18.3 Å². The van der Waals surface area contributed by atoms with Crippen LogP contribution in [-0.4, -0.2) is 70.3 Å². The predicted molar refractivity (Wildman–Crippen MR) is 159 cm³/mol. The fourth-order valence-corrected chi connectivity index (χ4v) is 6.51. The van der Waals surface area contributed by atoms with Crippen LogP contribution < -0.4 is 0 Å². The van der Waals surface area contributed by atoms with Crippen molar-refractivity contribution < 1.29 is 18.0 Å². The lowest BCUT2D eigenvalue weighted by molar-refractivity contribution is -0.138. The summed E-state index contributed by atoms with van der Waals surface area (Å²) in [6.07, 6.45) is -0.856. The van der Waals surface area contributed by atoms with E-state index in [2.05, 4.69) is 49.5 Å². The van der Waals surface area contributed by atoms with Crippen LogP contribution in [0.1, 0.15) is 35.1 Å². The molecule has 0 saturated carbocycles. The molecule has 3 heterocycles. The number of hydrogen-bond acceptors (Lipinski definition) is 5. The SMILES string of the molecule is Cc1ccc(Cn2nc(I)c3cc(/C=C4\SC(CCCN5CCN(C)CC5)=NC4=O)ccc32)c(C(F)(F)F)c1. The average Bonchev–Trinajstić information content (AvgIpc) is 3.39. The van der Waals surface area contributed by atoms with E-state index in [1.54, 1.807) is 17.7 Å². The van der Waals surface area contributed by atoms with Crippen LogP contribution in [0.15, 0.2) is 46.3 Å². The highest BCUT2D eigenvalue weighted by atomic mass is 127. The Morgan fingerprint density at radius 3 is 2.62 bits per heavy atom. The third-order valence-electron chi connectivity index (χ3n) is 7.04. The van der Waals surface area contributed by atoms with Crippen molar-refractivity contribution in [2.75, 3.05) is 39.8 Å². The van der Waals surface area contributed by atoms with Gasteiger partial charge in [-0.25, -0.2) is 4.99 Å². The van der Waals surface area contributed by atoms with Crippen molar-refractivity contribution in [1.29, 1.82) is 0 Å². The Bertz CT molecular complexity index is 1460. The van der Waals surface area contributed by atoms with Crippen LogP contribution >= 0.6 is 34.4 Å². The van der Waals surface area contributed by atoms with Gasteiger partial charge in [0.15, 0.2) is 0 Å². The van der Waals surface area contributed by atoms with Crippen molar-refractivity contribution in [2.24, 2.45) is 4.99 Å². The van der Waals surface area contributed by atoms with Gasteiger partial charge in [0.25, 0.3) is 5.91 Å². The van der Waals surface area contributed by atoms with Crippen LogP contribution in [0, 0.1) is 10.6 Å². The number of piperazine rings is 1. The first-order valence-corrected chi connectivity index (χ1v) is 14.7. The minimum absolute atomic E-state index is 0.00866. The third-order valence-corrected chi connectivity index (χ3v) is 8.88. The van der Waals surface area contributed by atoms with E-state index in [1.807, 2.05) is 24.3 Å².